The fourth-order valence-electron chi connectivity index (χ4n) is 2.39. The Morgan fingerprint density at radius 1 is 1.50 bits per heavy atom. The van der Waals surface area contributed by atoms with Crippen LogP contribution in [0, 0.1) is 5.41 Å². The molecule has 0 aromatic carbocycles. The van der Waals surface area contributed by atoms with Crippen LogP contribution in [-0.2, 0) is 11.9 Å². The van der Waals surface area contributed by atoms with Crippen LogP contribution in [0.4, 0.5) is 0 Å². The number of alkyl halides is 1. The Bertz CT molecular complexity index is 300. The Hall–Kier alpha value is -0.310. The van der Waals surface area contributed by atoms with Crippen LogP contribution in [0.25, 0.3) is 0 Å². The molecular weight excluding hydrogens is 240 g/mol. The predicted molar refractivity (Wildman–Crippen MR) is 61.4 cm³/mol. The molecule has 2 nitrogen and oxygen atoms in total. The van der Waals surface area contributed by atoms with Gasteiger partial charge in [0.15, 0.2) is 0 Å². The normalized spacial score (nSPS) is 20.1. The van der Waals surface area contributed by atoms with Gasteiger partial charge in [0.05, 0.1) is 12.0 Å². The lowest BCUT2D eigenvalue weighted by molar-refractivity contribution is 0.281. The number of hydrogen-bond acceptors (Lipinski definition) is 1. The second-order valence-electron chi connectivity index (χ2n) is 4.69. The van der Waals surface area contributed by atoms with Crippen LogP contribution in [0.15, 0.2) is 12.5 Å². The third kappa shape index (κ3) is 2.19. The molecule has 0 aliphatic heterocycles. The summed E-state index contributed by atoms with van der Waals surface area (Å²) in [7, 11) is 0. The highest BCUT2D eigenvalue weighted by molar-refractivity contribution is 9.08. The summed E-state index contributed by atoms with van der Waals surface area (Å²) in [6.45, 7) is 3.53. The van der Waals surface area contributed by atoms with E-state index in [1.807, 2.05) is 6.33 Å². The van der Waals surface area contributed by atoms with Gasteiger partial charge in [0.2, 0.25) is 0 Å². The third-order valence-corrected chi connectivity index (χ3v) is 3.77. The molecule has 1 heterocycles. The van der Waals surface area contributed by atoms with Crippen molar-refractivity contribution in [2.75, 3.05) is 0 Å². The van der Waals surface area contributed by atoms with E-state index >= 15 is 0 Å². The van der Waals surface area contributed by atoms with Crippen LogP contribution >= 0.6 is 15.9 Å². The molecule has 0 bridgehead atoms. The largest absolute Gasteiger partial charge is 0.337 e. The second-order valence-corrected chi connectivity index (χ2v) is 5.25. The average Bonchev–Trinajstić information content (AvgIpc) is 2.75. The number of imidazole rings is 1. The second kappa shape index (κ2) is 4.05. The molecule has 0 unspecified atom stereocenters. The summed E-state index contributed by atoms with van der Waals surface area (Å²) in [5.74, 6) is 0. The number of halogens is 1. The van der Waals surface area contributed by atoms with E-state index in [4.69, 9.17) is 0 Å². The maximum atomic E-state index is 4.32. The monoisotopic (exact) mass is 256 g/mol. The van der Waals surface area contributed by atoms with Crippen LogP contribution in [0.1, 0.15) is 38.3 Å². The van der Waals surface area contributed by atoms with E-state index in [0.717, 1.165) is 17.6 Å². The minimum atomic E-state index is 0.518. The van der Waals surface area contributed by atoms with E-state index in [0.29, 0.717) is 5.41 Å². The van der Waals surface area contributed by atoms with Crippen molar-refractivity contribution in [2.45, 2.75) is 44.5 Å². The zero-order chi connectivity index (χ0) is 10.0. The maximum Gasteiger partial charge on any atom is 0.0949 e. The van der Waals surface area contributed by atoms with Crippen molar-refractivity contribution in [1.29, 1.82) is 0 Å². The van der Waals surface area contributed by atoms with E-state index in [9.17, 15) is 0 Å². The highest BCUT2D eigenvalue weighted by Crippen LogP contribution is 2.38. The molecule has 1 aliphatic rings. The molecule has 0 saturated heterocycles. The number of nitrogens with zero attached hydrogens (tertiary/aromatic N) is 2. The molecule has 0 N–H and O–H groups in total. The molecule has 1 aromatic rings. The Balaban J connectivity index is 2.02. The first-order chi connectivity index (χ1) is 6.72. The molecule has 0 atom stereocenters. The van der Waals surface area contributed by atoms with Crippen molar-refractivity contribution in [3.05, 3.63) is 18.2 Å². The molecule has 0 spiro atoms. The quantitative estimate of drug-likeness (QED) is 0.759. The Morgan fingerprint density at radius 3 is 2.79 bits per heavy atom. The van der Waals surface area contributed by atoms with Gasteiger partial charge in [-0.2, -0.15) is 0 Å². The average molecular weight is 257 g/mol. The Kier molecular flexibility index (Phi) is 2.96. The Labute approximate surface area is 93.9 Å². The van der Waals surface area contributed by atoms with Gasteiger partial charge >= 0.3 is 0 Å². The molecule has 1 aliphatic carbocycles. The maximum absolute atomic E-state index is 4.32. The van der Waals surface area contributed by atoms with Crippen molar-refractivity contribution in [1.82, 2.24) is 9.55 Å². The molecule has 1 fully saturated rings. The van der Waals surface area contributed by atoms with E-state index in [1.54, 1.807) is 0 Å². The number of hydrogen-bond donors (Lipinski definition) is 0. The summed E-state index contributed by atoms with van der Waals surface area (Å²) in [5, 5.41) is 0.858. The minimum absolute atomic E-state index is 0.518. The van der Waals surface area contributed by atoms with Crippen molar-refractivity contribution >= 4 is 15.9 Å². The van der Waals surface area contributed by atoms with Crippen LogP contribution in [0.5, 0.6) is 0 Å². The first-order valence-electron chi connectivity index (χ1n) is 5.28. The zero-order valence-corrected chi connectivity index (χ0v) is 10.3. The summed E-state index contributed by atoms with van der Waals surface area (Å²) in [4.78, 5) is 4.32. The zero-order valence-electron chi connectivity index (χ0n) is 8.67. The van der Waals surface area contributed by atoms with Crippen LogP contribution in [0.3, 0.4) is 0 Å². The van der Waals surface area contributed by atoms with Crippen LogP contribution in [0.2, 0.25) is 0 Å². The third-order valence-electron chi connectivity index (χ3n) is 3.20. The van der Waals surface area contributed by atoms with Gasteiger partial charge in [-0.1, -0.05) is 35.7 Å². The Morgan fingerprint density at radius 2 is 2.21 bits per heavy atom. The van der Waals surface area contributed by atoms with Gasteiger partial charge in [-0.3, -0.25) is 0 Å². The van der Waals surface area contributed by atoms with Gasteiger partial charge in [0.1, 0.15) is 0 Å². The minimum Gasteiger partial charge on any atom is -0.337 e. The van der Waals surface area contributed by atoms with Crippen molar-refractivity contribution in [3.63, 3.8) is 0 Å². The summed E-state index contributed by atoms with van der Waals surface area (Å²) in [5.41, 5.74) is 1.65. The van der Waals surface area contributed by atoms with Crippen LogP contribution in [-0.4, -0.2) is 9.55 Å². The van der Waals surface area contributed by atoms with E-state index < -0.39 is 0 Å². The molecule has 14 heavy (non-hydrogen) atoms. The summed E-state index contributed by atoms with van der Waals surface area (Å²) in [6.07, 6.45) is 9.65. The first-order valence-corrected chi connectivity index (χ1v) is 6.41. The van der Waals surface area contributed by atoms with E-state index in [1.165, 1.54) is 25.7 Å². The highest BCUT2D eigenvalue weighted by atomic mass is 79.9. The fraction of sp³-hybridized carbons (Fsp3) is 0.727. The lowest BCUT2D eigenvalue weighted by Gasteiger charge is -2.23. The molecule has 1 saturated carbocycles. The van der Waals surface area contributed by atoms with Gasteiger partial charge in [-0.05, 0) is 18.3 Å². The van der Waals surface area contributed by atoms with Crippen molar-refractivity contribution in [3.8, 4) is 0 Å². The topological polar surface area (TPSA) is 17.8 Å². The summed E-state index contributed by atoms with van der Waals surface area (Å²) >= 11 is 3.42. The van der Waals surface area contributed by atoms with E-state index in [-0.39, 0.29) is 0 Å². The van der Waals surface area contributed by atoms with Gasteiger partial charge in [0, 0.05) is 18.1 Å². The summed E-state index contributed by atoms with van der Waals surface area (Å²) in [6, 6.07) is 0. The van der Waals surface area contributed by atoms with Gasteiger partial charge < -0.3 is 4.57 Å². The predicted octanol–water partition coefficient (Wildman–Crippen LogP) is 3.36. The molecular formula is C11H17BrN2. The van der Waals surface area contributed by atoms with Crippen molar-refractivity contribution < 1.29 is 0 Å². The van der Waals surface area contributed by atoms with Crippen LogP contribution < -0.4 is 0 Å². The molecule has 0 radical (unpaired) electrons. The smallest absolute Gasteiger partial charge is 0.0949 e. The molecule has 3 heteroatoms. The van der Waals surface area contributed by atoms with Gasteiger partial charge in [0.25, 0.3) is 0 Å². The molecule has 2 rings (SSSR count). The molecule has 78 valence electrons. The lowest BCUT2D eigenvalue weighted by Crippen LogP contribution is -2.18. The molecule has 0 amide bonds. The van der Waals surface area contributed by atoms with Gasteiger partial charge in [-0.15, -0.1) is 0 Å². The van der Waals surface area contributed by atoms with E-state index in [2.05, 4.69) is 38.6 Å². The van der Waals surface area contributed by atoms with Gasteiger partial charge in [-0.25, -0.2) is 4.98 Å². The highest BCUT2D eigenvalue weighted by Gasteiger charge is 2.28. The summed E-state index contributed by atoms with van der Waals surface area (Å²) < 4.78 is 2.24. The SMILES string of the molecule is CC1(Cn2cnc(CBr)c2)CCCC1. The number of rotatable bonds is 3. The standard InChI is InChI=1S/C11H17BrN2/c1-11(4-2-3-5-11)8-14-7-10(6-12)13-9-14/h7,9H,2-6,8H2,1H3. The number of aromatic nitrogens is 2. The van der Waals surface area contributed by atoms with Crippen molar-refractivity contribution in [2.24, 2.45) is 5.41 Å². The lowest BCUT2D eigenvalue weighted by atomic mass is 9.89. The first kappa shape index (κ1) is 10.2. The molecule has 1 aromatic heterocycles. The fourth-order valence-corrected chi connectivity index (χ4v) is 2.68.